The molecule has 1 atom stereocenters. The number of benzene rings is 4. The Balaban J connectivity index is 1.22. The zero-order chi connectivity index (χ0) is 38.9. The molecule has 2 saturated heterocycles. The molecule has 6 aromatic rings. The second kappa shape index (κ2) is 15.6. The lowest BCUT2D eigenvalue weighted by molar-refractivity contribution is 0.0499. The third-order valence-corrected chi connectivity index (χ3v) is 11.1. The number of anilines is 2. The van der Waals surface area contributed by atoms with Crippen molar-refractivity contribution < 1.29 is 19.1 Å². The van der Waals surface area contributed by atoms with Crippen LogP contribution in [-0.4, -0.2) is 69.6 Å². The van der Waals surface area contributed by atoms with E-state index in [1.165, 1.54) is 12.1 Å². The second-order valence-electron chi connectivity index (χ2n) is 14.0. The summed E-state index contributed by atoms with van der Waals surface area (Å²) in [5.41, 5.74) is 5.71. The molecule has 4 aromatic carbocycles. The van der Waals surface area contributed by atoms with Crippen molar-refractivity contribution in [2.75, 3.05) is 36.5 Å². The number of imidazole rings is 1. The van der Waals surface area contributed by atoms with E-state index in [0.29, 0.717) is 83.0 Å². The smallest absolute Gasteiger partial charge is 0.410 e. The molecule has 284 valence electrons. The third kappa shape index (κ3) is 7.13. The van der Waals surface area contributed by atoms with Crippen molar-refractivity contribution in [3.63, 3.8) is 0 Å². The Hall–Kier alpha value is -5.98. The molecule has 2 aliphatic rings. The number of rotatable bonds is 9. The van der Waals surface area contributed by atoms with Gasteiger partial charge in [-0.05, 0) is 74.2 Å². The van der Waals surface area contributed by atoms with Gasteiger partial charge in [-0.1, -0.05) is 71.7 Å². The summed E-state index contributed by atoms with van der Waals surface area (Å²) in [6.07, 6.45) is 3.65. The number of hydrogen-bond donors (Lipinski definition) is 2. The lowest BCUT2D eigenvalue weighted by Crippen LogP contribution is -2.50. The lowest BCUT2D eigenvalue weighted by atomic mass is 9.99. The minimum absolute atomic E-state index is 0.0249. The van der Waals surface area contributed by atoms with E-state index in [0.717, 1.165) is 22.9 Å². The van der Waals surface area contributed by atoms with Gasteiger partial charge in [0.15, 0.2) is 0 Å². The number of H-pyrrole nitrogens is 1. The molecule has 0 bridgehead atoms. The zero-order valence-corrected chi connectivity index (χ0v) is 31.9. The fourth-order valence-electron chi connectivity index (χ4n) is 7.80. The number of ether oxygens (including phenoxy) is 1. The fourth-order valence-corrected chi connectivity index (χ4v) is 8.10. The van der Waals surface area contributed by atoms with Crippen LogP contribution >= 0.6 is 23.2 Å². The number of amides is 3. The van der Waals surface area contributed by atoms with Crippen LogP contribution in [0.25, 0.3) is 33.4 Å². The number of piperidine rings is 1. The Morgan fingerprint density at radius 1 is 0.946 bits per heavy atom. The number of nitrogens with one attached hydrogen (secondary N) is 2. The van der Waals surface area contributed by atoms with Crippen molar-refractivity contribution >= 4 is 63.4 Å². The van der Waals surface area contributed by atoms with Gasteiger partial charge in [-0.3, -0.25) is 9.59 Å². The molecule has 2 aliphatic heterocycles. The van der Waals surface area contributed by atoms with E-state index in [9.17, 15) is 19.3 Å². The first kappa shape index (κ1) is 37.0. The Labute approximate surface area is 332 Å². The summed E-state index contributed by atoms with van der Waals surface area (Å²) >= 11 is 12.8. The van der Waals surface area contributed by atoms with Crippen molar-refractivity contribution in [3.8, 4) is 22.5 Å². The first-order valence-corrected chi connectivity index (χ1v) is 19.2. The molecule has 0 spiro atoms. The predicted octanol–water partition coefficient (Wildman–Crippen LogP) is 9.58. The van der Waals surface area contributed by atoms with Gasteiger partial charge in [0.25, 0.3) is 5.91 Å². The van der Waals surface area contributed by atoms with Crippen molar-refractivity contribution in [2.24, 2.45) is 5.18 Å². The number of aromatic amines is 1. The van der Waals surface area contributed by atoms with Crippen molar-refractivity contribution in [3.05, 3.63) is 129 Å². The molecule has 56 heavy (non-hydrogen) atoms. The average molecular weight is 791 g/mol. The lowest BCUT2D eigenvalue weighted by Gasteiger charge is -2.40. The highest BCUT2D eigenvalue weighted by Gasteiger charge is 2.33. The van der Waals surface area contributed by atoms with Crippen LogP contribution in [0.2, 0.25) is 10.0 Å². The van der Waals surface area contributed by atoms with E-state index in [1.54, 1.807) is 29.4 Å². The van der Waals surface area contributed by atoms with Gasteiger partial charge in [-0.2, -0.15) is 0 Å². The van der Waals surface area contributed by atoms with Gasteiger partial charge in [-0.25, -0.2) is 9.78 Å². The van der Waals surface area contributed by atoms with E-state index in [-0.39, 0.29) is 29.4 Å². The predicted molar refractivity (Wildman–Crippen MR) is 218 cm³/mol. The molecule has 2 fully saturated rings. The van der Waals surface area contributed by atoms with Crippen LogP contribution in [0.4, 0.5) is 16.2 Å². The monoisotopic (exact) mass is 789 g/mol. The summed E-state index contributed by atoms with van der Waals surface area (Å²) in [6, 6.07) is 27.3. The average Bonchev–Trinajstić information content (AvgIpc) is 3.83. The Bertz CT molecular complexity index is 2460. The molecule has 1 unspecified atom stereocenters. The fraction of sp³-hybridized carbons (Fsp3) is 0.238. The molecule has 2 N–H and O–H groups in total. The standard InChI is InChI=1S/C42H37Cl2N7O5/c1-25(26-8-11-29(43)12-9-26)51-24-45-37(27-6-3-2-4-7-27)39(51)36-32-14-13-30(44)23-33(32)46-38(36)41(53)47-34-22-28(40(52)48-55)10-15-35(34)49-19-16-31(17-20-49)50-18-5-21-56-42(50)54/h2-4,6-15,22-25,31,46H,5,16-21H2,1H3,(H,47,53). The number of carbonyl (C=O) groups excluding carboxylic acids is 3. The second-order valence-corrected chi connectivity index (χ2v) is 14.8. The van der Waals surface area contributed by atoms with Crippen molar-refractivity contribution in [1.29, 1.82) is 0 Å². The highest BCUT2D eigenvalue weighted by Crippen LogP contribution is 2.42. The molecule has 3 amide bonds. The first-order valence-electron chi connectivity index (χ1n) is 18.4. The highest BCUT2D eigenvalue weighted by molar-refractivity contribution is 6.31. The Morgan fingerprint density at radius 2 is 1.70 bits per heavy atom. The third-order valence-electron chi connectivity index (χ3n) is 10.7. The van der Waals surface area contributed by atoms with Gasteiger partial charge in [0.2, 0.25) is 0 Å². The first-order chi connectivity index (χ1) is 27.2. The van der Waals surface area contributed by atoms with Crippen LogP contribution in [0.1, 0.15) is 58.6 Å². The Morgan fingerprint density at radius 3 is 2.43 bits per heavy atom. The maximum atomic E-state index is 14.8. The largest absolute Gasteiger partial charge is 0.449 e. The summed E-state index contributed by atoms with van der Waals surface area (Å²) < 4.78 is 7.33. The number of nitroso groups, excluding NO2 is 1. The summed E-state index contributed by atoms with van der Waals surface area (Å²) in [5.74, 6) is -1.45. The summed E-state index contributed by atoms with van der Waals surface area (Å²) in [7, 11) is 0. The molecule has 0 aliphatic carbocycles. The van der Waals surface area contributed by atoms with E-state index < -0.39 is 11.8 Å². The number of halogens is 2. The number of carbonyl (C=O) groups is 3. The summed E-state index contributed by atoms with van der Waals surface area (Å²) in [6.45, 7) is 4.30. The number of fused-ring (bicyclic) bond motifs is 1. The van der Waals surface area contributed by atoms with Crippen LogP contribution in [0.15, 0.2) is 102 Å². The van der Waals surface area contributed by atoms with Gasteiger partial charge in [-0.15, -0.1) is 4.91 Å². The number of hydrogen-bond acceptors (Lipinski definition) is 7. The van der Waals surface area contributed by atoms with Crippen LogP contribution in [0.5, 0.6) is 0 Å². The van der Waals surface area contributed by atoms with Gasteiger partial charge in [0.05, 0.1) is 41.7 Å². The van der Waals surface area contributed by atoms with Crippen LogP contribution < -0.4 is 10.2 Å². The van der Waals surface area contributed by atoms with Crippen LogP contribution in [-0.2, 0) is 4.74 Å². The maximum absolute atomic E-state index is 14.8. The van der Waals surface area contributed by atoms with Crippen molar-refractivity contribution in [2.45, 2.75) is 38.3 Å². The molecular weight excluding hydrogens is 753 g/mol. The normalized spacial score (nSPS) is 15.4. The molecule has 14 heteroatoms. The molecular formula is C42H37Cl2N7O5. The number of nitrogens with zero attached hydrogens (tertiary/aromatic N) is 5. The minimum atomic E-state index is -0.956. The molecule has 0 saturated carbocycles. The zero-order valence-electron chi connectivity index (χ0n) is 30.4. The van der Waals surface area contributed by atoms with E-state index >= 15 is 0 Å². The molecule has 2 aromatic heterocycles. The van der Waals surface area contributed by atoms with Gasteiger partial charge in [0.1, 0.15) is 5.69 Å². The van der Waals surface area contributed by atoms with Gasteiger partial charge < -0.3 is 29.4 Å². The van der Waals surface area contributed by atoms with Gasteiger partial charge >= 0.3 is 12.0 Å². The SMILES string of the molecule is CC(c1ccc(Cl)cc1)n1cnc(-c2ccccc2)c1-c1c(C(=O)Nc2cc(C(=O)N=O)ccc2N2CCC(N3CCCOC3=O)CC2)[nH]c2cc(Cl)ccc12. The van der Waals surface area contributed by atoms with E-state index in [1.807, 2.05) is 65.2 Å². The molecule has 12 nitrogen and oxygen atoms in total. The summed E-state index contributed by atoms with van der Waals surface area (Å²) in [5, 5.41) is 7.56. The molecule has 8 rings (SSSR count). The van der Waals surface area contributed by atoms with Crippen LogP contribution in [0.3, 0.4) is 0 Å². The maximum Gasteiger partial charge on any atom is 0.410 e. The van der Waals surface area contributed by atoms with E-state index in [4.69, 9.17) is 32.9 Å². The molecule has 0 radical (unpaired) electrons. The van der Waals surface area contributed by atoms with Crippen molar-refractivity contribution in [1.82, 2.24) is 19.4 Å². The number of cyclic esters (lactones) is 1. The van der Waals surface area contributed by atoms with E-state index in [2.05, 4.69) is 27.3 Å². The summed E-state index contributed by atoms with van der Waals surface area (Å²) in [4.78, 5) is 63.4. The molecule has 4 heterocycles. The minimum Gasteiger partial charge on any atom is -0.449 e. The highest BCUT2D eigenvalue weighted by atomic mass is 35.5. The van der Waals surface area contributed by atoms with Gasteiger partial charge in [0, 0.05) is 68.5 Å². The topological polar surface area (TPSA) is 142 Å². The quantitative estimate of drug-likeness (QED) is 0.139. The Kier molecular flexibility index (Phi) is 10.3. The number of aromatic nitrogens is 3. The van der Waals surface area contributed by atoms with Crippen LogP contribution in [0, 0.1) is 4.91 Å².